The first-order valence-corrected chi connectivity index (χ1v) is 7.75. The standard InChI is InChI=1S/C11H15ClN2O5S/c1-2-8(5-6-15)13-20(18,19)11-7-9(14(16)17)3-4-10(11)12/h3-4,7-8,13,15H,2,5-6H2,1H3. The molecule has 0 spiro atoms. The van der Waals surface area contributed by atoms with Gasteiger partial charge in [0.1, 0.15) is 4.90 Å². The molecule has 0 fully saturated rings. The van der Waals surface area contributed by atoms with E-state index in [0.29, 0.717) is 6.42 Å². The number of nitrogens with zero attached hydrogens (tertiary/aromatic N) is 1. The molecule has 7 nitrogen and oxygen atoms in total. The summed E-state index contributed by atoms with van der Waals surface area (Å²) in [6.45, 7) is 1.60. The Morgan fingerprint density at radius 3 is 2.65 bits per heavy atom. The van der Waals surface area contributed by atoms with Gasteiger partial charge in [0.2, 0.25) is 10.0 Å². The molecular formula is C11H15ClN2O5S. The lowest BCUT2D eigenvalue weighted by Gasteiger charge is -2.16. The number of aliphatic hydroxyl groups is 1. The number of hydrogen-bond acceptors (Lipinski definition) is 5. The smallest absolute Gasteiger partial charge is 0.270 e. The number of aliphatic hydroxyl groups excluding tert-OH is 1. The highest BCUT2D eigenvalue weighted by Gasteiger charge is 2.24. The molecule has 2 N–H and O–H groups in total. The lowest BCUT2D eigenvalue weighted by molar-refractivity contribution is -0.385. The maximum atomic E-state index is 12.2. The van der Waals surface area contributed by atoms with Crippen molar-refractivity contribution in [2.75, 3.05) is 6.61 Å². The van der Waals surface area contributed by atoms with Crippen LogP contribution in [-0.4, -0.2) is 31.1 Å². The van der Waals surface area contributed by atoms with Gasteiger partial charge in [-0.1, -0.05) is 18.5 Å². The summed E-state index contributed by atoms with van der Waals surface area (Å²) in [6.07, 6.45) is 0.731. The largest absolute Gasteiger partial charge is 0.396 e. The molecule has 0 bridgehead atoms. The predicted molar refractivity (Wildman–Crippen MR) is 74.2 cm³/mol. The van der Waals surface area contributed by atoms with E-state index in [9.17, 15) is 18.5 Å². The molecule has 0 aliphatic carbocycles. The van der Waals surface area contributed by atoms with Crippen LogP contribution in [0.3, 0.4) is 0 Å². The van der Waals surface area contributed by atoms with Crippen LogP contribution in [0.25, 0.3) is 0 Å². The second-order valence-corrected chi connectivity index (χ2v) is 6.20. The first-order chi connectivity index (χ1) is 9.31. The monoisotopic (exact) mass is 322 g/mol. The molecule has 1 rings (SSSR count). The number of rotatable bonds is 7. The molecule has 9 heteroatoms. The third kappa shape index (κ3) is 4.14. The highest BCUT2D eigenvalue weighted by molar-refractivity contribution is 7.89. The summed E-state index contributed by atoms with van der Waals surface area (Å²) in [7, 11) is -3.98. The highest BCUT2D eigenvalue weighted by atomic mass is 35.5. The predicted octanol–water partition coefficient (Wildman–Crippen LogP) is 1.69. The van der Waals surface area contributed by atoms with Gasteiger partial charge in [0.05, 0.1) is 9.95 Å². The van der Waals surface area contributed by atoms with Crippen molar-refractivity contribution in [3.8, 4) is 0 Å². The maximum absolute atomic E-state index is 12.2. The van der Waals surface area contributed by atoms with Crippen molar-refractivity contribution in [3.05, 3.63) is 33.3 Å². The van der Waals surface area contributed by atoms with Crippen LogP contribution >= 0.6 is 11.6 Å². The van der Waals surface area contributed by atoms with Crippen LogP contribution in [0.2, 0.25) is 5.02 Å². The van der Waals surface area contributed by atoms with E-state index >= 15 is 0 Å². The summed E-state index contributed by atoms with van der Waals surface area (Å²) in [5, 5.41) is 19.4. The van der Waals surface area contributed by atoms with Crippen molar-refractivity contribution in [2.45, 2.75) is 30.7 Å². The third-order valence-electron chi connectivity index (χ3n) is 2.71. The van der Waals surface area contributed by atoms with Gasteiger partial charge < -0.3 is 5.11 Å². The van der Waals surface area contributed by atoms with Crippen LogP contribution in [0.5, 0.6) is 0 Å². The Labute approximate surface area is 121 Å². The van der Waals surface area contributed by atoms with Gasteiger partial charge in [0, 0.05) is 24.8 Å². The van der Waals surface area contributed by atoms with E-state index in [1.54, 1.807) is 6.92 Å². The Morgan fingerprint density at radius 1 is 1.50 bits per heavy atom. The number of nitro groups is 1. The van der Waals surface area contributed by atoms with Crippen molar-refractivity contribution >= 4 is 27.3 Å². The summed E-state index contributed by atoms with van der Waals surface area (Å²) in [5.74, 6) is 0. The van der Waals surface area contributed by atoms with Gasteiger partial charge in [-0.3, -0.25) is 10.1 Å². The van der Waals surface area contributed by atoms with E-state index in [1.807, 2.05) is 0 Å². The maximum Gasteiger partial charge on any atom is 0.270 e. The lowest BCUT2D eigenvalue weighted by atomic mass is 10.2. The molecule has 0 saturated heterocycles. The van der Waals surface area contributed by atoms with Gasteiger partial charge in [-0.25, -0.2) is 13.1 Å². The number of sulfonamides is 1. The second kappa shape index (κ2) is 6.98. The molecule has 0 amide bonds. The van der Waals surface area contributed by atoms with Crippen LogP contribution in [0.15, 0.2) is 23.1 Å². The number of nitrogens with one attached hydrogen (secondary N) is 1. The minimum absolute atomic E-state index is 0.0954. The molecule has 1 aromatic carbocycles. The van der Waals surface area contributed by atoms with E-state index in [-0.39, 0.29) is 28.6 Å². The molecule has 1 atom stereocenters. The van der Waals surface area contributed by atoms with E-state index in [2.05, 4.69) is 4.72 Å². The Balaban J connectivity index is 3.14. The number of halogens is 1. The zero-order valence-corrected chi connectivity index (χ0v) is 12.3. The normalized spacial score (nSPS) is 13.2. The molecule has 1 unspecified atom stereocenters. The molecule has 0 aliphatic rings. The number of benzene rings is 1. The summed E-state index contributed by atoms with van der Waals surface area (Å²) >= 11 is 5.80. The summed E-state index contributed by atoms with van der Waals surface area (Å²) in [6, 6.07) is 2.75. The van der Waals surface area contributed by atoms with Crippen molar-refractivity contribution < 1.29 is 18.4 Å². The molecule has 0 heterocycles. The van der Waals surface area contributed by atoms with Gasteiger partial charge >= 0.3 is 0 Å². The first-order valence-electron chi connectivity index (χ1n) is 5.89. The van der Waals surface area contributed by atoms with Gasteiger partial charge in [0.25, 0.3) is 5.69 Å². The molecular weight excluding hydrogens is 308 g/mol. The fraction of sp³-hybridized carbons (Fsp3) is 0.455. The van der Waals surface area contributed by atoms with Crippen LogP contribution < -0.4 is 4.72 Å². The van der Waals surface area contributed by atoms with Crippen molar-refractivity contribution in [1.29, 1.82) is 0 Å². The van der Waals surface area contributed by atoms with Crippen molar-refractivity contribution in [2.24, 2.45) is 0 Å². The van der Waals surface area contributed by atoms with Crippen LogP contribution in [0.1, 0.15) is 19.8 Å². The lowest BCUT2D eigenvalue weighted by Crippen LogP contribution is -2.35. The quantitative estimate of drug-likeness (QED) is 0.586. The number of nitro benzene ring substituents is 1. The van der Waals surface area contributed by atoms with Gasteiger partial charge in [-0.2, -0.15) is 0 Å². The number of hydrogen-bond donors (Lipinski definition) is 2. The first kappa shape index (κ1) is 16.8. The summed E-state index contributed by atoms with van der Waals surface area (Å²) in [5.41, 5.74) is -0.356. The zero-order valence-electron chi connectivity index (χ0n) is 10.7. The molecule has 20 heavy (non-hydrogen) atoms. The SMILES string of the molecule is CCC(CCO)NS(=O)(=O)c1cc([N+](=O)[O-])ccc1Cl. The van der Waals surface area contributed by atoms with Crippen LogP contribution in [0.4, 0.5) is 5.69 Å². The number of non-ortho nitro benzene ring substituents is 1. The average molecular weight is 323 g/mol. The Kier molecular flexibility index (Phi) is 5.88. The second-order valence-electron chi connectivity index (χ2n) is 4.11. The van der Waals surface area contributed by atoms with E-state index in [4.69, 9.17) is 16.7 Å². The fourth-order valence-corrected chi connectivity index (χ4v) is 3.47. The van der Waals surface area contributed by atoms with Gasteiger partial charge in [-0.05, 0) is 18.9 Å². The summed E-state index contributed by atoms with van der Waals surface area (Å²) < 4.78 is 26.7. The zero-order chi connectivity index (χ0) is 15.3. The molecule has 112 valence electrons. The van der Waals surface area contributed by atoms with Crippen molar-refractivity contribution in [3.63, 3.8) is 0 Å². The van der Waals surface area contributed by atoms with Crippen LogP contribution in [0, 0.1) is 10.1 Å². The minimum atomic E-state index is -3.98. The van der Waals surface area contributed by atoms with Gasteiger partial charge in [-0.15, -0.1) is 0 Å². The van der Waals surface area contributed by atoms with Crippen molar-refractivity contribution in [1.82, 2.24) is 4.72 Å². The Morgan fingerprint density at radius 2 is 2.15 bits per heavy atom. The van der Waals surface area contributed by atoms with E-state index < -0.39 is 21.0 Å². The molecule has 0 radical (unpaired) electrons. The molecule has 0 aromatic heterocycles. The molecule has 1 aromatic rings. The average Bonchev–Trinajstić information content (AvgIpc) is 2.37. The van der Waals surface area contributed by atoms with E-state index in [0.717, 1.165) is 12.1 Å². The summed E-state index contributed by atoms with van der Waals surface area (Å²) in [4.78, 5) is 9.65. The molecule has 0 saturated carbocycles. The van der Waals surface area contributed by atoms with Gasteiger partial charge in [0.15, 0.2) is 0 Å². The van der Waals surface area contributed by atoms with Crippen LogP contribution in [-0.2, 0) is 10.0 Å². The Bertz CT molecular complexity index is 590. The Hall–Kier alpha value is -1.22. The topological polar surface area (TPSA) is 110 Å². The highest BCUT2D eigenvalue weighted by Crippen LogP contribution is 2.26. The van der Waals surface area contributed by atoms with E-state index in [1.165, 1.54) is 6.07 Å². The molecule has 0 aliphatic heterocycles. The fourth-order valence-electron chi connectivity index (χ4n) is 1.60. The third-order valence-corrected chi connectivity index (χ3v) is 4.71. The minimum Gasteiger partial charge on any atom is -0.396 e.